The predicted molar refractivity (Wildman–Crippen MR) is 51.1 cm³/mol. The van der Waals surface area contributed by atoms with Crippen LogP contribution in [0.3, 0.4) is 0 Å². The Kier molecular flexibility index (Phi) is 3.72. The molecule has 3 atom stereocenters. The van der Waals surface area contributed by atoms with Gasteiger partial charge < -0.3 is 10.5 Å². The van der Waals surface area contributed by atoms with Crippen LogP contribution in [0.4, 0.5) is 0 Å². The fourth-order valence-corrected chi connectivity index (χ4v) is 2.11. The lowest BCUT2D eigenvalue weighted by atomic mass is 9.80. The molecule has 0 aliphatic heterocycles. The van der Waals surface area contributed by atoms with E-state index in [2.05, 4.69) is 6.92 Å². The zero-order valence-corrected chi connectivity index (χ0v) is 8.45. The molecule has 0 radical (unpaired) electrons. The summed E-state index contributed by atoms with van der Waals surface area (Å²) in [6, 6.07) is 0.179. The summed E-state index contributed by atoms with van der Waals surface area (Å²) in [7, 11) is 0. The highest BCUT2D eigenvalue weighted by Crippen LogP contribution is 2.28. The monoisotopic (exact) mass is 185 g/mol. The van der Waals surface area contributed by atoms with Crippen molar-refractivity contribution in [3.8, 4) is 0 Å². The van der Waals surface area contributed by atoms with Crippen molar-refractivity contribution in [3.05, 3.63) is 0 Å². The molecule has 1 aliphatic rings. The number of nitrogens with two attached hydrogens (primary N) is 1. The molecule has 2 N–H and O–H groups in total. The van der Waals surface area contributed by atoms with E-state index in [0.717, 1.165) is 19.3 Å². The average Bonchev–Trinajstić information content (AvgIpc) is 2.03. The molecular weight excluding hydrogens is 166 g/mol. The maximum absolute atomic E-state index is 11.4. The van der Waals surface area contributed by atoms with E-state index in [1.807, 2.05) is 6.92 Å². The van der Waals surface area contributed by atoms with Crippen LogP contribution in [0.1, 0.15) is 33.1 Å². The Morgan fingerprint density at radius 3 is 2.69 bits per heavy atom. The van der Waals surface area contributed by atoms with Crippen LogP contribution in [-0.2, 0) is 9.53 Å². The molecule has 76 valence electrons. The van der Waals surface area contributed by atoms with E-state index in [4.69, 9.17) is 10.5 Å². The number of carbonyl (C=O) groups excluding carboxylic acids is 1. The first-order valence-corrected chi connectivity index (χ1v) is 5.05. The molecule has 0 spiro atoms. The zero-order chi connectivity index (χ0) is 9.84. The summed E-state index contributed by atoms with van der Waals surface area (Å²) in [6.45, 7) is 4.45. The van der Waals surface area contributed by atoms with Gasteiger partial charge in [-0.3, -0.25) is 4.79 Å². The Bertz CT molecular complexity index is 172. The van der Waals surface area contributed by atoms with Crippen LogP contribution in [0.2, 0.25) is 0 Å². The molecule has 3 nitrogen and oxygen atoms in total. The first kappa shape index (κ1) is 10.5. The van der Waals surface area contributed by atoms with Crippen LogP contribution >= 0.6 is 0 Å². The molecule has 3 heteroatoms. The van der Waals surface area contributed by atoms with E-state index in [1.54, 1.807) is 0 Å². The average molecular weight is 185 g/mol. The van der Waals surface area contributed by atoms with Gasteiger partial charge in [0.1, 0.15) is 0 Å². The predicted octanol–water partition coefficient (Wildman–Crippen LogP) is 1.31. The van der Waals surface area contributed by atoms with Crippen molar-refractivity contribution in [2.24, 2.45) is 17.6 Å². The molecule has 1 fully saturated rings. The second-order valence-electron chi connectivity index (χ2n) is 4.02. The van der Waals surface area contributed by atoms with Crippen molar-refractivity contribution in [2.45, 2.75) is 39.2 Å². The van der Waals surface area contributed by atoms with Gasteiger partial charge in [0.2, 0.25) is 0 Å². The Balaban J connectivity index is 2.45. The Morgan fingerprint density at radius 1 is 1.46 bits per heavy atom. The molecule has 0 unspecified atom stereocenters. The van der Waals surface area contributed by atoms with Gasteiger partial charge in [-0.15, -0.1) is 0 Å². The van der Waals surface area contributed by atoms with Crippen molar-refractivity contribution >= 4 is 5.97 Å². The van der Waals surface area contributed by atoms with E-state index >= 15 is 0 Å². The summed E-state index contributed by atoms with van der Waals surface area (Å²) in [5, 5.41) is 0. The lowest BCUT2D eigenvalue weighted by Crippen LogP contribution is -2.35. The minimum atomic E-state index is -0.0653. The van der Waals surface area contributed by atoms with Gasteiger partial charge in [0.15, 0.2) is 0 Å². The van der Waals surface area contributed by atoms with Crippen molar-refractivity contribution in [1.82, 2.24) is 0 Å². The number of rotatable bonds is 2. The molecule has 0 heterocycles. The van der Waals surface area contributed by atoms with Crippen LogP contribution in [0.5, 0.6) is 0 Å². The quantitative estimate of drug-likeness (QED) is 0.660. The highest BCUT2D eigenvalue weighted by molar-refractivity contribution is 5.72. The SMILES string of the molecule is CCOC(=O)[C@@H]1C[C@H](C)C[C@@H](N)C1. The second-order valence-corrected chi connectivity index (χ2v) is 4.02. The molecule has 1 rings (SSSR count). The fourth-order valence-electron chi connectivity index (χ4n) is 2.11. The molecule has 0 bridgehead atoms. The summed E-state index contributed by atoms with van der Waals surface area (Å²) in [5.74, 6) is 0.529. The first-order chi connectivity index (χ1) is 6.13. The summed E-state index contributed by atoms with van der Waals surface area (Å²) in [6.07, 6.45) is 2.77. The maximum Gasteiger partial charge on any atom is 0.308 e. The third kappa shape index (κ3) is 2.99. The summed E-state index contributed by atoms with van der Waals surface area (Å²) in [5.41, 5.74) is 5.84. The van der Waals surface area contributed by atoms with Crippen molar-refractivity contribution in [1.29, 1.82) is 0 Å². The van der Waals surface area contributed by atoms with E-state index in [9.17, 15) is 4.79 Å². The smallest absolute Gasteiger partial charge is 0.308 e. The van der Waals surface area contributed by atoms with E-state index in [0.29, 0.717) is 12.5 Å². The molecule has 0 amide bonds. The Morgan fingerprint density at radius 2 is 2.15 bits per heavy atom. The molecule has 0 aromatic carbocycles. The number of carbonyl (C=O) groups is 1. The number of hydrogen-bond acceptors (Lipinski definition) is 3. The zero-order valence-electron chi connectivity index (χ0n) is 8.45. The Hall–Kier alpha value is -0.570. The van der Waals surface area contributed by atoms with Gasteiger partial charge in [0, 0.05) is 6.04 Å². The first-order valence-electron chi connectivity index (χ1n) is 5.05. The lowest BCUT2D eigenvalue weighted by Gasteiger charge is -2.29. The maximum atomic E-state index is 11.4. The minimum Gasteiger partial charge on any atom is -0.466 e. The van der Waals surface area contributed by atoms with Gasteiger partial charge in [0.05, 0.1) is 12.5 Å². The van der Waals surface area contributed by atoms with E-state index in [-0.39, 0.29) is 17.9 Å². The van der Waals surface area contributed by atoms with Crippen molar-refractivity contribution in [2.75, 3.05) is 6.61 Å². The standard InChI is InChI=1S/C10H19NO2/c1-3-13-10(12)8-4-7(2)5-9(11)6-8/h7-9H,3-6,11H2,1-2H3/t7-,8+,9+/m0/s1. The molecular formula is C10H19NO2. The van der Waals surface area contributed by atoms with E-state index < -0.39 is 0 Å². The van der Waals surface area contributed by atoms with Crippen molar-refractivity contribution in [3.63, 3.8) is 0 Å². The Labute approximate surface area is 79.6 Å². The normalized spacial score (nSPS) is 34.2. The van der Waals surface area contributed by atoms with Gasteiger partial charge in [-0.1, -0.05) is 6.92 Å². The van der Waals surface area contributed by atoms with Gasteiger partial charge in [-0.2, -0.15) is 0 Å². The van der Waals surface area contributed by atoms with Gasteiger partial charge in [-0.05, 0) is 32.1 Å². The number of hydrogen-bond donors (Lipinski definition) is 1. The molecule has 1 saturated carbocycles. The van der Waals surface area contributed by atoms with Gasteiger partial charge in [-0.25, -0.2) is 0 Å². The van der Waals surface area contributed by atoms with Crippen LogP contribution in [0.15, 0.2) is 0 Å². The van der Waals surface area contributed by atoms with Crippen LogP contribution in [0, 0.1) is 11.8 Å². The molecule has 13 heavy (non-hydrogen) atoms. The summed E-state index contributed by atoms with van der Waals surface area (Å²) >= 11 is 0. The van der Waals surface area contributed by atoms with Crippen LogP contribution in [-0.4, -0.2) is 18.6 Å². The molecule has 0 aromatic heterocycles. The highest BCUT2D eigenvalue weighted by Gasteiger charge is 2.29. The highest BCUT2D eigenvalue weighted by atomic mass is 16.5. The number of esters is 1. The second kappa shape index (κ2) is 4.61. The largest absolute Gasteiger partial charge is 0.466 e. The fraction of sp³-hybridized carbons (Fsp3) is 0.900. The summed E-state index contributed by atoms with van der Waals surface area (Å²) in [4.78, 5) is 11.4. The van der Waals surface area contributed by atoms with Crippen molar-refractivity contribution < 1.29 is 9.53 Å². The topological polar surface area (TPSA) is 52.3 Å². The van der Waals surface area contributed by atoms with E-state index in [1.165, 1.54) is 0 Å². The van der Waals surface area contributed by atoms with Gasteiger partial charge >= 0.3 is 5.97 Å². The molecule has 1 aliphatic carbocycles. The third-order valence-corrected chi connectivity index (χ3v) is 2.60. The number of ether oxygens (including phenoxy) is 1. The minimum absolute atomic E-state index is 0.0405. The lowest BCUT2D eigenvalue weighted by molar-refractivity contribution is -0.149. The van der Waals surface area contributed by atoms with Gasteiger partial charge in [0.25, 0.3) is 0 Å². The third-order valence-electron chi connectivity index (χ3n) is 2.60. The molecule has 0 aromatic rings. The summed E-state index contributed by atoms with van der Waals surface area (Å²) < 4.78 is 4.98. The van der Waals surface area contributed by atoms with Crippen LogP contribution < -0.4 is 5.73 Å². The molecule has 0 saturated heterocycles. The van der Waals surface area contributed by atoms with Crippen LogP contribution in [0.25, 0.3) is 0 Å².